The van der Waals surface area contributed by atoms with Gasteiger partial charge in [0.15, 0.2) is 16.9 Å². The number of nitrogens with zero attached hydrogens (tertiary/aromatic N) is 11. The standard InChI is InChI=1S/C25H19N11/c1-14-29-17-7-4-10-26-22(17)34(14)20-13-21(35-15(2)30-18-8-5-11-27-23(18)35)33-25(32-20)36-16(3)31-19-9-6-12-28-24(19)36/h4-13H,1-3H3. The molecule has 7 rings (SSSR count). The van der Waals surface area contributed by atoms with Crippen LogP contribution in [0.15, 0.2) is 61.1 Å². The molecule has 174 valence electrons. The molecule has 0 saturated carbocycles. The average molecular weight is 474 g/mol. The first kappa shape index (κ1) is 20.3. The van der Waals surface area contributed by atoms with Crippen molar-refractivity contribution >= 4 is 33.5 Å². The van der Waals surface area contributed by atoms with Crippen molar-refractivity contribution in [2.24, 2.45) is 0 Å². The Hall–Kier alpha value is -5.06. The first-order valence-corrected chi connectivity index (χ1v) is 11.4. The van der Waals surface area contributed by atoms with Gasteiger partial charge in [-0.05, 0) is 57.2 Å². The number of fused-ring (bicyclic) bond motifs is 3. The minimum absolute atomic E-state index is 0.426. The maximum absolute atomic E-state index is 4.96. The molecule has 0 aromatic carbocycles. The summed E-state index contributed by atoms with van der Waals surface area (Å²) in [5, 5.41) is 0. The molecule has 11 nitrogen and oxygen atoms in total. The molecule has 0 aliphatic rings. The van der Waals surface area contributed by atoms with Crippen LogP contribution in [0.2, 0.25) is 0 Å². The van der Waals surface area contributed by atoms with Crippen LogP contribution in [0.25, 0.3) is 51.1 Å². The molecule has 7 aromatic rings. The van der Waals surface area contributed by atoms with Crippen molar-refractivity contribution < 1.29 is 0 Å². The van der Waals surface area contributed by atoms with Gasteiger partial charge < -0.3 is 0 Å². The maximum atomic E-state index is 4.96. The molecule has 0 atom stereocenters. The van der Waals surface area contributed by atoms with Gasteiger partial charge in [-0.3, -0.25) is 9.13 Å². The largest absolute Gasteiger partial charge is 0.264 e. The lowest BCUT2D eigenvalue weighted by Gasteiger charge is -2.13. The van der Waals surface area contributed by atoms with E-state index in [1.54, 1.807) is 18.6 Å². The van der Waals surface area contributed by atoms with Gasteiger partial charge in [-0.15, -0.1) is 0 Å². The van der Waals surface area contributed by atoms with E-state index in [9.17, 15) is 0 Å². The van der Waals surface area contributed by atoms with Crippen molar-refractivity contribution in [3.8, 4) is 17.6 Å². The highest BCUT2D eigenvalue weighted by molar-refractivity contribution is 5.76. The van der Waals surface area contributed by atoms with E-state index >= 15 is 0 Å². The lowest BCUT2D eigenvalue weighted by Crippen LogP contribution is -2.12. The number of rotatable bonds is 3. The van der Waals surface area contributed by atoms with Crippen LogP contribution in [0, 0.1) is 20.8 Å². The normalized spacial score (nSPS) is 11.8. The second-order valence-corrected chi connectivity index (χ2v) is 8.41. The summed E-state index contributed by atoms with van der Waals surface area (Å²) in [6.07, 6.45) is 5.23. The number of aromatic nitrogens is 11. The maximum Gasteiger partial charge on any atom is 0.240 e. The molecule has 7 aromatic heterocycles. The fraction of sp³-hybridized carbons (Fsp3) is 0.120. The molecule has 0 amide bonds. The molecule has 0 fully saturated rings. The molecule has 0 aliphatic carbocycles. The topological polar surface area (TPSA) is 118 Å². The van der Waals surface area contributed by atoms with Crippen molar-refractivity contribution in [3.05, 3.63) is 78.5 Å². The van der Waals surface area contributed by atoms with Crippen LogP contribution < -0.4 is 0 Å². The first-order valence-electron chi connectivity index (χ1n) is 11.4. The van der Waals surface area contributed by atoms with Crippen LogP contribution in [-0.4, -0.2) is 53.6 Å². The van der Waals surface area contributed by atoms with Crippen molar-refractivity contribution in [2.75, 3.05) is 0 Å². The lowest BCUT2D eigenvalue weighted by atomic mass is 10.4. The smallest absolute Gasteiger partial charge is 0.240 e. The summed E-state index contributed by atoms with van der Waals surface area (Å²) < 4.78 is 5.70. The highest BCUT2D eigenvalue weighted by atomic mass is 15.3. The molecule has 0 unspecified atom stereocenters. The predicted octanol–water partition coefficient (Wildman–Crippen LogP) is 3.60. The Morgan fingerprint density at radius 2 is 0.889 bits per heavy atom. The van der Waals surface area contributed by atoms with Gasteiger partial charge in [0.2, 0.25) is 5.95 Å². The molecule has 36 heavy (non-hydrogen) atoms. The molecule has 0 radical (unpaired) electrons. The van der Waals surface area contributed by atoms with E-state index < -0.39 is 0 Å². The van der Waals surface area contributed by atoms with Crippen LogP contribution in [0.3, 0.4) is 0 Å². The Morgan fingerprint density at radius 3 is 1.33 bits per heavy atom. The number of imidazole rings is 3. The average Bonchev–Trinajstić information content (AvgIpc) is 3.51. The van der Waals surface area contributed by atoms with Crippen LogP contribution in [0.5, 0.6) is 0 Å². The number of pyridine rings is 3. The van der Waals surface area contributed by atoms with Crippen molar-refractivity contribution in [1.29, 1.82) is 0 Å². The lowest BCUT2D eigenvalue weighted by molar-refractivity contribution is 0.833. The Labute approximate surface area is 204 Å². The highest BCUT2D eigenvalue weighted by Crippen LogP contribution is 2.25. The summed E-state index contributed by atoms with van der Waals surface area (Å²) in [6.45, 7) is 5.78. The van der Waals surface area contributed by atoms with E-state index in [1.165, 1.54) is 0 Å². The van der Waals surface area contributed by atoms with Gasteiger partial charge in [-0.25, -0.2) is 34.5 Å². The Morgan fingerprint density at radius 1 is 0.500 bits per heavy atom. The fourth-order valence-corrected chi connectivity index (χ4v) is 4.60. The summed E-state index contributed by atoms with van der Waals surface area (Å²) in [5.74, 6) is 3.90. The molecular formula is C25H19N11. The van der Waals surface area contributed by atoms with Crippen LogP contribution in [-0.2, 0) is 0 Å². The monoisotopic (exact) mass is 473 g/mol. The zero-order chi connectivity index (χ0) is 24.4. The summed E-state index contributed by atoms with van der Waals surface area (Å²) in [4.78, 5) is 37.7. The number of aryl methyl sites for hydroxylation is 3. The van der Waals surface area contributed by atoms with Crippen molar-refractivity contribution in [3.63, 3.8) is 0 Å². The third kappa shape index (κ3) is 2.92. The van der Waals surface area contributed by atoms with E-state index in [4.69, 9.17) is 9.97 Å². The van der Waals surface area contributed by atoms with Gasteiger partial charge in [0.25, 0.3) is 0 Å². The summed E-state index contributed by atoms with van der Waals surface area (Å²) in [7, 11) is 0. The zero-order valence-corrected chi connectivity index (χ0v) is 19.7. The molecular weight excluding hydrogens is 454 g/mol. The summed E-state index contributed by atoms with van der Waals surface area (Å²) in [5.41, 5.74) is 4.43. The number of hydrogen-bond acceptors (Lipinski definition) is 8. The van der Waals surface area contributed by atoms with Crippen molar-refractivity contribution in [2.45, 2.75) is 20.8 Å². The first-order chi connectivity index (χ1) is 17.6. The van der Waals surface area contributed by atoms with Crippen LogP contribution in [0.1, 0.15) is 17.5 Å². The molecule has 11 heteroatoms. The Kier molecular flexibility index (Phi) is 4.22. The van der Waals surface area contributed by atoms with Gasteiger partial charge >= 0.3 is 0 Å². The van der Waals surface area contributed by atoms with Crippen LogP contribution in [0.4, 0.5) is 0 Å². The second-order valence-electron chi connectivity index (χ2n) is 8.41. The van der Waals surface area contributed by atoms with E-state index in [2.05, 4.69) is 29.9 Å². The molecule has 7 heterocycles. The Balaban J connectivity index is 1.58. The van der Waals surface area contributed by atoms with Gasteiger partial charge in [0.1, 0.15) is 45.7 Å². The fourth-order valence-electron chi connectivity index (χ4n) is 4.60. The van der Waals surface area contributed by atoms with Crippen LogP contribution >= 0.6 is 0 Å². The van der Waals surface area contributed by atoms with Gasteiger partial charge in [-0.2, -0.15) is 9.97 Å². The second kappa shape index (κ2) is 7.47. The quantitative estimate of drug-likeness (QED) is 0.382. The number of hydrogen-bond donors (Lipinski definition) is 0. The van der Waals surface area contributed by atoms with Gasteiger partial charge in [0.05, 0.1) is 0 Å². The van der Waals surface area contributed by atoms with Gasteiger partial charge in [-0.1, -0.05) is 0 Å². The summed E-state index contributed by atoms with van der Waals surface area (Å²) in [6, 6.07) is 13.3. The minimum atomic E-state index is 0.426. The van der Waals surface area contributed by atoms with E-state index in [1.807, 2.05) is 76.9 Å². The van der Waals surface area contributed by atoms with E-state index in [0.29, 0.717) is 34.5 Å². The Bertz CT molecular complexity index is 1710. The molecule has 0 spiro atoms. The molecule has 0 N–H and O–H groups in total. The van der Waals surface area contributed by atoms with E-state index in [-0.39, 0.29) is 0 Å². The summed E-state index contributed by atoms with van der Waals surface area (Å²) >= 11 is 0. The van der Waals surface area contributed by atoms with Gasteiger partial charge in [0, 0.05) is 24.7 Å². The van der Waals surface area contributed by atoms with Crippen molar-refractivity contribution in [1.82, 2.24) is 53.6 Å². The molecule has 0 aliphatic heterocycles. The third-order valence-electron chi connectivity index (χ3n) is 6.10. The molecule has 0 saturated heterocycles. The SMILES string of the molecule is Cc1nc2cccnc2n1-c1cc(-n2c(C)nc3cccnc32)nc(-n2c(C)nc3cccnc32)n1. The van der Waals surface area contributed by atoms with E-state index in [0.717, 1.165) is 34.0 Å². The minimum Gasteiger partial charge on any atom is -0.264 e. The predicted molar refractivity (Wildman–Crippen MR) is 134 cm³/mol. The highest BCUT2D eigenvalue weighted by Gasteiger charge is 2.20. The third-order valence-corrected chi connectivity index (χ3v) is 6.10. The molecule has 0 bridgehead atoms. The zero-order valence-electron chi connectivity index (χ0n) is 19.7.